The van der Waals surface area contributed by atoms with Crippen molar-refractivity contribution >= 4 is 11.8 Å². The molecule has 0 aromatic carbocycles. The molecule has 1 aromatic heterocycles. The average molecular weight is 349 g/mol. The van der Waals surface area contributed by atoms with E-state index in [0.29, 0.717) is 41.9 Å². The van der Waals surface area contributed by atoms with Crippen molar-refractivity contribution in [1.29, 1.82) is 0 Å². The first-order valence-electron chi connectivity index (χ1n) is 8.98. The molecule has 3 heterocycles. The van der Waals surface area contributed by atoms with Gasteiger partial charge in [-0.1, -0.05) is 5.16 Å². The van der Waals surface area contributed by atoms with Gasteiger partial charge in [0.05, 0.1) is 12.3 Å². The number of likely N-dealkylation sites (tertiary alicyclic amines) is 2. The number of hydrogen-bond donors (Lipinski definition) is 0. The van der Waals surface area contributed by atoms with Crippen LogP contribution in [0.2, 0.25) is 0 Å². The summed E-state index contributed by atoms with van der Waals surface area (Å²) in [6, 6.07) is 0. The highest BCUT2D eigenvalue weighted by molar-refractivity contribution is 5.96. The second-order valence-electron chi connectivity index (χ2n) is 7.26. The number of aryl methyl sites for hydroxylation is 2. The fraction of sp³-hybridized carbons (Fsp3) is 0.722. The summed E-state index contributed by atoms with van der Waals surface area (Å²) in [7, 11) is 1.68. The highest BCUT2D eigenvalue weighted by atomic mass is 16.5. The standard InChI is InChI=1S/C18H27N3O4/c1-12-17(13(2)25-19-12)18(23)20-6-4-14(5-7-20)9-21-10-15(11-24-3)8-16(21)22/h14-15H,4-11H2,1-3H3. The van der Waals surface area contributed by atoms with Crippen LogP contribution >= 0.6 is 0 Å². The van der Waals surface area contributed by atoms with Crippen molar-refractivity contribution in [2.45, 2.75) is 33.1 Å². The van der Waals surface area contributed by atoms with Gasteiger partial charge in [-0.05, 0) is 32.6 Å². The van der Waals surface area contributed by atoms with E-state index >= 15 is 0 Å². The third kappa shape index (κ3) is 3.86. The third-order valence-corrected chi connectivity index (χ3v) is 5.32. The predicted octanol–water partition coefficient (Wildman–Crippen LogP) is 1.64. The molecule has 1 unspecified atom stereocenters. The fourth-order valence-electron chi connectivity index (χ4n) is 3.95. The van der Waals surface area contributed by atoms with Gasteiger partial charge >= 0.3 is 0 Å². The van der Waals surface area contributed by atoms with Gasteiger partial charge in [-0.15, -0.1) is 0 Å². The molecule has 2 fully saturated rings. The Balaban J connectivity index is 1.51. The average Bonchev–Trinajstić information content (AvgIpc) is 3.10. The lowest BCUT2D eigenvalue weighted by Crippen LogP contribution is -2.42. The molecule has 1 atom stereocenters. The second kappa shape index (κ2) is 7.56. The van der Waals surface area contributed by atoms with Crippen molar-refractivity contribution in [2.24, 2.45) is 11.8 Å². The number of piperidine rings is 1. The van der Waals surface area contributed by atoms with Crippen LogP contribution in [0.5, 0.6) is 0 Å². The Morgan fingerprint density at radius 3 is 2.60 bits per heavy atom. The Morgan fingerprint density at radius 2 is 2.00 bits per heavy atom. The van der Waals surface area contributed by atoms with Crippen molar-refractivity contribution in [2.75, 3.05) is 39.9 Å². The molecule has 2 amide bonds. The molecule has 0 spiro atoms. The first-order chi connectivity index (χ1) is 12.0. The molecule has 0 radical (unpaired) electrons. The molecular formula is C18H27N3O4. The maximum Gasteiger partial charge on any atom is 0.259 e. The van der Waals surface area contributed by atoms with Crippen molar-refractivity contribution in [3.63, 3.8) is 0 Å². The van der Waals surface area contributed by atoms with Crippen LogP contribution in [-0.4, -0.2) is 66.7 Å². The number of carbonyl (C=O) groups excluding carboxylic acids is 2. The molecule has 0 N–H and O–H groups in total. The predicted molar refractivity (Wildman–Crippen MR) is 91.2 cm³/mol. The molecule has 0 aliphatic carbocycles. The van der Waals surface area contributed by atoms with Crippen molar-refractivity contribution in [3.05, 3.63) is 17.0 Å². The maximum atomic E-state index is 12.7. The molecule has 7 nitrogen and oxygen atoms in total. The summed E-state index contributed by atoms with van der Waals surface area (Å²) < 4.78 is 10.3. The van der Waals surface area contributed by atoms with Crippen molar-refractivity contribution in [1.82, 2.24) is 15.0 Å². The van der Waals surface area contributed by atoms with E-state index < -0.39 is 0 Å². The summed E-state index contributed by atoms with van der Waals surface area (Å²) in [6.07, 6.45) is 2.44. The normalized spacial score (nSPS) is 22.0. The van der Waals surface area contributed by atoms with Crippen LogP contribution in [0.1, 0.15) is 41.1 Å². The van der Waals surface area contributed by atoms with Gasteiger partial charge in [-0.2, -0.15) is 0 Å². The van der Waals surface area contributed by atoms with Gasteiger partial charge in [0.2, 0.25) is 5.91 Å². The van der Waals surface area contributed by atoms with Gasteiger partial charge in [0, 0.05) is 45.6 Å². The molecule has 25 heavy (non-hydrogen) atoms. The largest absolute Gasteiger partial charge is 0.384 e. The molecule has 0 saturated carbocycles. The molecule has 2 aliphatic heterocycles. The van der Waals surface area contributed by atoms with E-state index in [0.717, 1.165) is 39.0 Å². The summed E-state index contributed by atoms with van der Waals surface area (Å²) in [6.45, 7) is 7.25. The highest BCUT2D eigenvalue weighted by Gasteiger charge is 2.33. The smallest absolute Gasteiger partial charge is 0.259 e. The molecular weight excluding hydrogens is 322 g/mol. The lowest BCUT2D eigenvalue weighted by Gasteiger charge is -2.34. The summed E-state index contributed by atoms with van der Waals surface area (Å²) in [4.78, 5) is 28.6. The van der Waals surface area contributed by atoms with Crippen LogP contribution in [-0.2, 0) is 9.53 Å². The van der Waals surface area contributed by atoms with Gasteiger partial charge in [0.1, 0.15) is 11.3 Å². The topological polar surface area (TPSA) is 75.9 Å². The van der Waals surface area contributed by atoms with E-state index in [1.54, 1.807) is 21.0 Å². The van der Waals surface area contributed by atoms with E-state index in [-0.39, 0.29) is 11.8 Å². The first kappa shape index (κ1) is 17.9. The van der Waals surface area contributed by atoms with Crippen LogP contribution < -0.4 is 0 Å². The molecule has 7 heteroatoms. The second-order valence-corrected chi connectivity index (χ2v) is 7.26. The van der Waals surface area contributed by atoms with E-state index in [1.165, 1.54) is 0 Å². The van der Waals surface area contributed by atoms with Crippen molar-refractivity contribution in [3.8, 4) is 0 Å². The quantitative estimate of drug-likeness (QED) is 0.808. The Kier molecular flexibility index (Phi) is 5.42. The summed E-state index contributed by atoms with van der Waals surface area (Å²) in [5.41, 5.74) is 1.24. The Hall–Kier alpha value is -1.89. The monoisotopic (exact) mass is 349 g/mol. The van der Waals surface area contributed by atoms with Gasteiger partial charge in [0.15, 0.2) is 0 Å². The van der Waals surface area contributed by atoms with Crippen LogP contribution in [0.25, 0.3) is 0 Å². The summed E-state index contributed by atoms with van der Waals surface area (Å²) in [5, 5.41) is 3.87. The zero-order valence-corrected chi connectivity index (χ0v) is 15.3. The minimum atomic E-state index is 0.00658. The number of hydrogen-bond acceptors (Lipinski definition) is 5. The Bertz CT molecular complexity index is 615. The minimum Gasteiger partial charge on any atom is -0.384 e. The van der Waals surface area contributed by atoms with Gasteiger partial charge < -0.3 is 19.1 Å². The van der Waals surface area contributed by atoms with Crippen LogP contribution in [0.4, 0.5) is 0 Å². The highest BCUT2D eigenvalue weighted by Crippen LogP contribution is 2.25. The van der Waals surface area contributed by atoms with Crippen molar-refractivity contribution < 1.29 is 18.8 Å². The third-order valence-electron chi connectivity index (χ3n) is 5.32. The lowest BCUT2D eigenvalue weighted by atomic mass is 9.95. The van der Waals surface area contributed by atoms with Crippen LogP contribution in [0.15, 0.2) is 4.52 Å². The van der Waals surface area contributed by atoms with Gasteiger partial charge in [-0.25, -0.2) is 0 Å². The molecule has 3 rings (SSSR count). The van der Waals surface area contributed by atoms with E-state index in [4.69, 9.17) is 9.26 Å². The number of aromatic nitrogens is 1. The molecule has 2 saturated heterocycles. The fourth-order valence-corrected chi connectivity index (χ4v) is 3.95. The molecule has 0 bridgehead atoms. The summed E-state index contributed by atoms with van der Waals surface area (Å²) in [5.74, 6) is 1.59. The zero-order chi connectivity index (χ0) is 18.0. The Labute approximate surface area is 148 Å². The molecule has 138 valence electrons. The molecule has 1 aromatic rings. The Morgan fingerprint density at radius 1 is 1.28 bits per heavy atom. The number of ether oxygens (including phenoxy) is 1. The van der Waals surface area contributed by atoms with E-state index in [2.05, 4.69) is 5.16 Å². The van der Waals surface area contributed by atoms with Gasteiger partial charge in [-0.3, -0.25) is 9.59 Å². The zero-order valence-electron chi connectivity index (χ0n) is 15.3. The maximum absolute atomic E-state index is 12.7. The van der Waals surface area contributed by atoms with Crippen LogP contribution in [0.3, 0.4) is 0 Å². The SMILES string of the molecule is COCC1CC(=O)N(CC2CCN(C(=O)c3c(C)noc3C)CC2)C1. The number of nitrogens with zero attached hydrogens (tertiary/aromatic N) is 3. The van der Waals surface area contributed by atoms with E-state index in [9.17, 15) is 9.59 Å². The summed E-state index contributed by atoms with van der Waals surface area (Å²) >= 11 is 0. The molecule has 2 aliphatic rings. The first-order valence-corrected chi connectivity index (χ1v) is 8.98. The lowest BCUT2D eigenvalue weighted by molar-refractivity contribution is -0.128. The number of methoxy groups -OCH3 is 1. The number of rotatable bonds is 5. The van der Waals surface area contributed by atoms with Gasteiger partial charge in [0.25, 0.3) is 5.91 Å². The number of carbonyl (C=O) groups is 2. The van der Waals surface area contributed by atoms with Crippen LogP contribution in [0, 0.1) is 25.7 Å². The van der Waals surface area contributed by atoms with E-state index in [1.807, 2.05) is 9.80 Å². The number of amides is 2. The minimum absolute atomic E-state index is 0.00658.